The maximum atomic E-state index is 12.4. The third-order valence-electron chi connectivity index (χ3n) is 6.08. The number of carbonyl (C=O) groups is 2. The number of fused-ring (bicyclic) bond motifs is 2. The number of hydrogen-bond donors (Lipinski definition) is 3. The topological polar surface area (TPSA) is 118 Å². The Balaban J connectivity index is 1.19. The summed E-state index contributed by atoms with van der Waals surface area (Å²) in [6.07, 6.45) is 2.76. The highest BCUT2D eigenvalue weighted by atomic mass is 16.5. The fourth-order valence-electron chi connectivity index (χ4n) is 4.19. The second-order valence-electron chi connectivity index (χ2n) is 9.61. The van der Waals surface area contributed by atoms with Gasteiger partial charge >= 0.3 is 5.97 Å². The number of aliphatic imine (C=N–C) groups is 1. The summed E-state index contributed by atoms with van der Waals surface area (Å²) < 4.78 is 11.1. The Hall–Kier alpha value is -3.75. The zero-order valence-corrected chi connectivity index (χ0v) is 21.0. The van der Waals surface area contributed by atoms with Crippen molar-refractivity contribution in [2.24, 2.45) is 16.6 Å². The van der Waals surface area contributed by atoms with Crippen molar-refractivity contribution in [2.45, 2.75) is 52.2 Å². The van der Waals surface area contributed by atoms with Crippen LogP contribution in [0.2, 0.25) is 0 Å². The van der Waals surface area contributed by atoms with Crippen LogP contribution in [0.25, 0.3) is 0 Å². The molecular weight excluding hydrogens is 458 g/mol. The summed E-state index contributed by atoms with van der Waals surface area (Å²) >= 11 is 0. The lowest BCUT2D eigenvalue weighted by Gasteiger charge is -2.27. The molecule has 192 valence electrons. The Bertz CT molecular complexity index is 1120. The first-order valence-corrected chi connectivity index (χ1v) is 12.5. The first-order chi connectivity index (χ1) is 17.4. The average molecular weight is 494 g/mol. The molecule has 2 aromatic rings. The van der Waals surface area contributed by atoms with E-state index in [1.807, 2.05) is 50.2 Å². The van der Waals surface area contributed by atoms with E-state index in [4.69, 9.17) is 15.2 Å². The highest BCUT2D eigenvalue weighted by Crippen LogP contribution is 2.30. The zero-order valence-electron chi connectivity index (χ0n) is 21.0. The van der Waals surface area contributed by atoms with Gasteiger partial charge in [0.15, 0.2) is 5.96 Å². The normalized spacial score (nSPS) is 16.4. The van der Waals surface area contributed by atoms with Gasteiger partial charge < -0.3 is 30.7 Å². The Kier molecular flexibility index (Phi) is 8.30. The summed E-state index contributed by atoms with van der Waals surface area (Å²) in [6.45, 7) is 5.31. The van der Waals surface area contributed by atoms with E-state index >= 15 is 0 Å². The monoisotopic (exact) mass is 493 g/mol. The van der Waals surface area contributed by atoms with Crippen molar-refractivity contribution in [3.8, 4) is 5.75 Å². The van der Waals surface area contributed by atoms with E-state index in [1.54, 1.807) is 4.90 Å². The van der Waals surface area contributed by atoms with Gasteiger partial charge in [-0.05, 0) is 48.4 Å². The number of amides is 1. The van der Waals surface area contributed by atoms with Gasteiger partial charge in [0, 0.05) is 24.7 Å². The number of nitrogens with one attached hydrogen (secondary N) is 2. The number of hydrogen-bond acceptors (Lipinski definition) is 8. The smallest absolute Gasteiger partial charge is 0.325 e. The minimum atomic E-state index is -0.321. The summed E-state index contributed by atoms with van der Waals surface area (Å²) in [6, 6.07) is 13.8. The second kappa shape index (κ2) is 11.8. The van der Waals surface area contributed by atoms with Crippen LogP contribution in [0, 0.1) is 5.92 Å². The Labute approximate surface area is 212 Å². The van der Waals surface area contributed by atoms with Crippen LogP contribution in [0.3, 0.4) is 0 Å². The molecule has 0 spiro atoms. The predicted molar refractivity (Wildman–Crippen MR) is 139 cm³/mol. The molecule has 9 nitrogen and oxygen atoms in total. The fourth-order valence-corrected chi connectivity index (χ4v) is 4.19. The molecule has 0 saturated carbocycles. The maximum Gasteiger partial charge on any atom is 0.325 e. The number of para-hydroxylation sites is 1. The van der Waals surface area contributed by atoms with Crippen LogP contribution < -0.4 is 21.1 Å². The van der Waals surface area contributed by atoms with Gasteiger partial charge in [-0.2, -0.15) is 0 Å². The molecule has 2 aromatic carbocycles. The summed E-state index contributed by atoms with van der Waals surface area (Å²) in [5.41, 5.74) is 10.1. The number of nitrogens with zero attached hydrogens (tertiary/aromatic N) is 2. The first kappa shape index (κ1) is 25.3. The highest BCUT2D eigenvalue weighted by Gasteiger charge is 2.22. The standard InChI is InChI=1S/C27H35N5O4/c1-18(2)17-36-26(34)16-32-15-20-9-11-21(14-23(20)30-27(32)28)35-13-5-8-25(33)31-24-12-10-19-6-3-4-7-22(19)29-24/h3-4,6-7,9,11,14,18,24,29H,5,8,10,12-13,15-17H2,1-2H3,(H2,28,30)(H,31,33). The lowest BCUT2D eigenvalue weighted by Crippen LogP contribution is -2.42. The molecule has 0 fully saturated rings. The van der Waals surface area contributed by atoms with Crippen LogP contribution in [-0.2, 0) is 27.3 Å². The Morgan fingerprint density at radius 2 is 2.06 bits per heavy atom. The molecule has 9 heteroatoms. The minimum absolute atomic E-state index is 0.00491. The molecule has 1 unspecified atom stereocenters. The summed E-state index contributed by atoms with van der Waals surface area (Å²) in [5.74, 6) is 0.906. The molecule has 36 heavy (non-hydrogen) atoms. The van der Waals surface area contributed by atoms with Gasteiger partial charge in [-0.15, -0.1) is 0 Å². The van der Waals surface area contributed by atoms with Crippen LogP contribution >= 0.6 is 0 Å². The summed E-state index contributed by atoms with van der Waals surface area (Å²) in [7, 11) is 0. The van der Waals surface area contributed by atoms with Gasteiger partial charge in [-0.3, -0.25) is 9.59 Å². The molecule has 0 bridgehead atoms. The molecule has 0 radical (unpaired) electrons. The molecule has 2 aliphatic heterocycles. The Morgan fingerprint density at radius 3 is 2.89 bits per heavy atom. The van der Waals surface area contributed by atoms with Crippen molar-refractivity contribution in [3.63, 3.8) is 0 Å². The molecule has 0 aromatic heterocycles. The first-order valence-electron chi connectivity index (χ1n) is 12.5. The third-order valence-corrected chi connectivity index (χ3v) is 6.08. The summed E-state index contributed by atoms with van der Waals surface area (Å²) in [5, 5.41) is 6.45. The number of ether oxygens (including phenoxy) is 2. The molecule has 2 heterocycles. The van der Waals surface area contributed by atoms with Gasteiger partial charge in [0.25, 0.3) is 0 Å². The lowest BCUT2D eigenvalue weighted by atomic mass is 10.0. The molecule has 4 rings (SSSR count). The molecule has 4 N–H and O–H groups in total. The van der Waals surface area contributed by atoms with E-state index < -0.39 is 0 Å². The highest BCUT2D eigenvalue weighted by molar-refractivity contribution is 5.87. The van der Waals surface area contributed by atoms with Gasteiger partial charge in [0.2, 0.25) is 5.91 Å². The molecule has 2 aliphatic rings. The fraction of sp³-hybridized carbons (Fsp3) is 0.444. The van der Waals surface area contributed by atoms with Crippen LogP contribution in [0.15, 0.2) is 47.5 Å². The zero-order chi connectivity index (χ0) is 25.5. The number of nitrogens with two attached hydrogens (primary N) is 1. The number of benzene rings is 2. The van der Waals surface area contributed by atoms with Gasteiger partial charge in [-0.1, -0.05) is 38.1 Å². The van der Waals surface area contributed by atoms with Crippen molar-refractivity contribution >= 4 is 29.2 Å². The van der Waals surface area contributed by atoms with Gasteiger partial charge in [-0.25, -0.2) is 4.99 Å². The number of aryl methyl sites for hydroxylation is 1. The predicted octanol–water partition coefficient (Wildman–Crippen LogP) is 3.31. The molecule has 1 atom stereocenters. The quantitative estimate of drug-likeness (QED) is 0.343. The van der Waals surface area contributed by atoms with E-state index in [0.29, 0.717) is 38.3 Å². The van der Waals surface area contributed by atoms with Gasteiger partial charge in [0.1, 0.15) is 12.3 Å². The van der Waals surface area contributed by atoms with Crippen molar-refractivity contribution in [1.82, 2.24) is 10.2 Å². The van der Waals surface area contributed by atoms with E-state index in [1.165, 1.54) is 5.56 Å². The van der Waals surface area contributed by atoms with Crippen LogP contribution in [-0.4, -0.2) is 48.7 Å². The van der Waals surface area contributed by atoms with Crippen LogP contribution in [0.4, 0.5) is 11.4 Å². The summed E-state index contributed by atoms with van der Waals surface area (Å²) in [4.78, 5) is 30.6. The van der Waals surface area contributed by atoms with E-state index in [0.717, 1.165) is 29.8 Å². The van der Waals surface area contributed by atoms with E-state index in [-0.39, 0.29) is 36.5 Å². The number of esters is 1. The van der Waals surface area contributed by atoms with Crippen molar-refractivity contribution in [2.75, 3.05) is 25.1 Å². The maximum absolute atomic E-state index is 12.4. The number of guanidine groups is 1. The van der Waals surface area contributed by atoms with Crippen molar-refractivity contribution < 1.29 is 19.1 Å². The second-order valence-corrected chi connectivity index (χ2v) is 9.61. The van der Waals surface area contributed by atoms with Gasteiger partial charge in [0.05, 0.1) is 25.1 Å². The molecule has 1 amide bonds. The number of anilines is 1. The minimum Gasteiger partial charge on any atom is -0.494 e. The van der Waals surface area contributed by atoms with Crippen molar-refractivity contribution in [3.05, 3.63) is 53.6 Å². The van der Waals surface area contributed by atoms with Crippen molar-refractivity contribution in [1.29, 1.82) is 0 Å². The molecule has 0 aliphatic carbocycles. The SMILES string of the molecule is CC(C)COC(=O)CN1Cc2ccc(OCCCC(=O)NC3CCc4ccccc4N3)cc2N=C1N. The lowest BCUT2D eigenvalue weighted by molar-refractivity contribution is -0.145. The third kappa shape index (κ3) is 6.90. The van der Waals surface area contributed by atoms with E-state index in [2.05, 4.69) is 21.7 Å². The van der Waals surface area contributed by atoms with Crippen LogP contribution in [0.5, 0.6) is 5.75 Å². The average Bonchev–Trinajstić information content (AvgIpc) is 2.86. The number of rotatable bonds is 10. The van der Waals surface area contributed by atoms with E-state index in [9.17, 15) is 9.59 Å². The largest absolute Gasteiger partial charge is 0.494 e. The number of carbonyl (C=O) groups excluding carboxylic acids is 2. The van der Waals surface area contributed by atoms with Crippen LogP contribution in [0.1, 0.15) is 44.2 Å². The Morgan fingerprint density at radius 1 is 1.22 bits per heavy atom. The molecular formula is C27H35N5O4. The molecule has 0 saturated heterocycles.